The van der Waals surface area contributed by atoms with Crippen molar-refractivity contribution < 1.29 is 22.6 Å². The van der Waals surface area contributed by atoms with E-state index in [-0.39, 0.29) is 23.3 Å². The molecular formula is C23H20F3N5O3. The minimum atomic E-state index is -4.52. The molecule has 4 aromatic rings. The Labute approximate surface area is 192 Å². The third kappa shape index (κ3) is 4.49. The fraction of sp³-hybridized carbons (Fsp3) is 0.217. The molecule has 0 aliphatic rings. The maximum atomic E-state index is 12.8. The number of nitrogens with one attached hydrogen (secondary N) is 1. The number of nitrogens with zero attached hydrogens (tertiary/aromatic N) is 4. The van der Waals surface area contributed by atoms with E-state index in [1.807, 2.05) is 0 Å². The minimum absolute atomic E-state index is 0.0979. The molecule has 4 rings (SSSR count). The Morgan fingerprint density at radius 2 is 1.79 bits per heavy atom. The first kappa shape index (κ1) is 23.0. The van der Waals surface area contributed by atoms with Crippen molar-refractivity contribution in [2.75, 3.05) is 19.5 Å². The molecule has 0 fully saturated rings. The fourth-order valence-corrected chi connectivity index (χ4v) is 3.38. The van der Waals surface area contributed by atoms with Crippen molar-refractivity contribution in [2.24, 2.45) is 7.05 Å². The molecule has 8 nitrogen and oxygen atoms in total. The van der Waals surface area contributed by atoms with E-state index in [1.165, 1.54) is 31.2 Å². The summed E-state index contributed by atoms with van der Waals surface area (Å²) < 4.78 is 50.3. The van der Waals surface area contributed by atoms with E-state index in [9.17, 15) is 18.0 Å². The van der Waals surface area contributed by atoms with Crippen LogP contribution in [0, 0.1) is 0 Å². The van der Waals surface area contributed by atoms with Crippen LogP contribution in [0.25, 0.3) is 22.2 Å². The number of methoxy groups -OCH3 is 2. The summed E-state index contributed by atoms with van der Waals surface area (Å²) in [6.45, 7) is 0.0979. The van der Waals surface area contributed by atoms with E-state index in [4.69, 9.17) is 9.47 Å². The van der Waals surface area contributed by atoms with Crippen molar-refractivity contribution in [3.8, 4) is 22.8 Å². The van der Waals surface area contributed by atoms with E-state index < -0.39 is 11.9 Å². The van der Waals surface area contributed by atoms with Crippen molar-refractivity contribution in [1.82, 2.24) is 19.5 Å². The molecule has 11 heteroatoms. The van der Waals surface area contributed by atoms with Crippen molar-refractivity contribution in [3.05, 3.63) is 70.5 Å². The number of ether oxygens (including phenoxy) is 2. The highest BCUT2D eigenvalue weighted by Gasteiger charge is 2.32. The molecule has 3 aromatic heterocycles. The predicted molar refractivity (Wildman–Crippen MR) is 120 cm³/mol. The van der Waals surface area contributed by atoms with Gasteiger partial charge in [0.15, 0.2) is 11.5 Å². The molecule has 0 saturated carbocycles. The van der Waals surface area contributed by atoms with Gasteiger partial charge in [-0.2, -0.15) is 13.2 Å². The van der Waals surface area contributed by atoms with E-state index in [2.05, 4.69) is 20.3 Å². The normalized spacial score (nSPS) is 11.5. The lowest BCUT2D eigenvalue weighted by Gasteiger charge is -2.13. The summed E-state index contributed by atoms with van der Waals surface area (Å²) in [4.78, 5) is 25.2. The van der Waals surface area contributed by atoms with Crippen LogP contribution in [-0.2, 0) is 19.8 Å². The van der Waals surface area contributed by atoms with Gasteiger partial charge in [0.1, 0.15) is 16.9 Å². The minimum Gasteiger partial charge on any atom is -0.493 e. The van der Waals surface area contributed by atoms with Crippen LogP contribution >= 0.6 is 0 Å². The topological polar surface area (TPSA) is 91.2 Å². The van der Waals surface area contributed by atoms with Crippen LogP contribution in [0.15, 0.2) is 53.7 Å². The largest absolute Gasteiger partial charge is 0.493 e. The first-order chi connectivity index (χ1) is 16.2. The summed E-state index contributed by atoms with van der Waals surface area (Å²) in [5, 5.41) is 3.31. The van der Waals surface area contributed by atoms with Gasteiger partial charge < -0.3 is 19.4 Å². The summed E-state index contributed by atoms with van der Waals surface area (Å²) in [7, 11) is 4.62. The maximum absolute atomic E-state index is 12.8. The standard InChI is InChI=1S/C23H20F3N5O3/c1-31-12-29-16-9-15(14-5-6-17(33-2)18(8-14)34-3)30-21(20(16)22(31)32)28-11-13-4-7-19(27-10-13)23(24,25)26/h4-10,12H,11H2,1-3H3,(H,28,30). The molecule has 1 aromatic carbocycles. The molecule has 0 radical (unpaired) electrons. The zero-order chi connectivity index (χ0) is 24.5. The van der Waals surface area contributed by atoms with E-state index >= 15 is 0 Å². The Morgan fingerprint density at radius 1 is 1.03 bits per heavy atom. The molecule has 1 N–H and O–H groups in total. The lowest BCUT2D eigenvalue weighted by molar-refractivity contribution is -0.141. The van der Waals surface area contributed by atoms with Crippen molar-refractivity contribution >= 4 is 16.7 Å². The SMILES string of the molecule is COc1ccc(-c2cc3ncn(C)c(=O)c3c(NCc3ccc(C(F)(F)F)nc3)n2)cc1OC. The van der Waals surface area contributed by atoms with Gasteiger partial charge in [-0.1, -0.05) is 6.07 Å². The van der Waals surface area contributed by atoms with Gasteiger partial charge in [-0.25, -0.2) is 9.97 Å². The lowest BCUT2D eigenvalue weighted by Crippen LogP contribution is -2.19. The van der Waals surface area contributed by atoms with Crippen molar-refractivity contribution in [2.45, 2.75) is 12.7 Å². The van der Waals surface area contributed by atoms with Gasteiger partial charge >= 0.3 is 6.18 Å². The summed E-state index contributed by atoms with van der Waals surface area (Å²) in [5.74, 6) is 1.30. The van der Waals surface area contributed by atoms with Gasteiger partial charge in [0.05, 0.1) is 31.8 Å². The number of halogens is 3. The fourth-order valence-electron chi connectivity index (χ4n) is 3.38. The molecule has 0 saturated heterocycles. The van der Waals surface area contributed by atoms with Gasteiger partial charge in [-0.15, -0.1) is 0 Å². The highest BCUT2D eigenvalue weighted by molar-refractivity contribution is 5.91. The highest BCUT2D eigenvalue weighted by atomic mass is 19.4. The van der Waals surface area contributed by atoms with Crippen LogP contribution in [0.3, 0.4) is 0 Å². The lowest BCUT2D eigenvalue weighted by atomic mass is 10.1. The Hall–Kier alpha value is -4.15. The van der Waals surface area contributed by atoms with Crippen LogP contribution < -0.4 is 20.3 Å². The Morgan fingerprint density at radius 3 is 2.44 bits per heavy atom. The summed E-state index contributed by atoms with van der Waals surface area (Å²) in [6.07, 6.45) is -1.98. The average molecular weight is 471 g/mol. The molecule has 176 valence electrons. The van der Waals surface area contributed by atoms with Gasteiger partial charge in [0.25, 0.3) is 5.56 Å². The quantitative estimate of drug-likeness (QED) is 0.454. The third-order valence-corrected chi connectivity index (χ3v) is 5.16. The molecule has 0 aliphatic heterocycles. The molecule has 0 spiro atoms. The number of fused-ring (bicyclic) bond motifs is 1. The monoisotopic (exact) mass is 471 g/mol. The number of anilines is 1. The number of alkyl halides is 3. The van der Waals surface area contributed by atoms with E-state index in [0.717, 1.165) is 12.3 Å². The smallest absolute Gasteiger partial charge is 0.433 e. The van der Waals surface area contributed by atoms with Crippen LogP contribution in [0.2, 0.25) is 0 Å². The molecule has 34 heavy (non-hydrogen) atoms. The number of rotatable bonds is 6. The van der Waals surface area contributed by atoms with Gasteiger partial charge in [0, 0.05) is 25.4 Å². The molecular weight excluding hydrogens is 451 g/mol. The second kappa shape index (κ2) is 9.00. The number of benzene rings is 1. The van der Waals surface area contributed by atoms with Crippen LogP contribution in [-0.4, -0.2) is 33.7 Å². The average Bonchev–Trinajstić information content (AvgIpc) is 2.83. The number of aromatic nitrogens is 4. The number of hydrogen-bond donors (Lipinski definition) is 1. The summed E-state index contributed by atoms with van der Waals surface area (Å²) in [5.41, 5.74) is 0.817. The molecule has 0 bridgehead atoms. The first-order valence-corrected chi connectivity index (χ1v) is 10.1. The number of hydrogen-bond acceptors (Lipinski definition) is 7. The van der Waals surface area contributed by atoms with Crippen LogP contribution in [0.1, 0.15) is 11.3 Å². The van der Waals surface area contributed by atoms with Crippen LogP contribution in [0.4, 0.5) is 19.0 Å². The Balaban J connectivity index is 1.75. The maximum Gasteiger partial charge on any atom is 0.433 e. The number of pyridine rings is 2. The Bertz CT molecular complexity index is 1400. The highest BCUT2D eigenvalue weighted by Crippen LogP contribution is 2.33. The summed E-state index contributed by atoms with van der Waals surface area (Å²) >= 11 is 0. The van der Waals surface area contributed by atoms with Gasteiger partial charge in [-0.3, -0.25) is 9.78 Å². The Kier molecular flexibility index (Phi) is 6.10. The second-order valence-electron chi connectivity index (χ2n) is 7.38. The first-order valence-electron chi connectivity index (χ1n) is 10.1. The molecule has 0 aliphatic carbocycles. The predicted octanol–water partition coefficient (Wildman–Crippen LogP) is 4.04. The summed E-state index contributed by atoms with van der Waals surface area (Å²) in [6, 6.07) is 9.18. The van der Waals surface area contributed by atoms with E-state index in [0.29, 0.717) is 33.8 Å². The van der Waals surface area contributed by atoms with Gasteiger partial charge in [0.2, 0.25) is 0 Å². The zero-order valence-electron chi connectivity index (χ0n) is 18.5. The zero-order valence-corrected chi connectivity index (χ0v) is 18.5. The van der Waals surface area contributed by atoms with Crippen molar-refractivity contribution in [1.29, 1.82) is 0 Å². The molecule has 0 atom stereocenters. The number of aryl methyl sites for hydroxylation is 1. The van der Waals surface area contributed by atoms with Crippen LogP contribution in [0.5, 0.6) is 11.5 Å². The van der Waals surface area contributed by atoms with E-state index in [1.54, 1.807) is 31.3 Å². The van der Waals surface area contributed by atoms with Crippen molar-refractivity contribution in [3.63, 3.8) is 0 Å². The van der Waals surface area contributed by atoms with Gasteiger partial charge in [-0.05, 0) is 35.9 Å². The third-order valence-electron chi connectivity index (χ3n) is 5.16. The molecule has 0 unspecified atom stereocenters. The second-order valence-corrected chi connectivity index (χ2v) is 7.38. The molecule has 0 amide bonds. The molecule has 3 heterocycles.